The van der Waals surface area contributed by atoms with Crippen LogP contribution in [-0.4, -0.2) is 25.8 Å². The highest BCUT2D eigenvalue weighted by Gasteiger charge is 2.34. The third-order valence-electron chi connectivity index (χ3n) is 4.12. The highest BCUT2D eigenvalue weighted by molar-refractivity contribution is 7.99. The maximum atomic E-state index is 11.8. The Morgan fingerprint density at radius 1 is 1.29 bits per heavy atom. The Bertz CT molecular complexity index is 921. The fraction of sp³-hybridized carbons (Fsp3) is 0.167. The van der Waals surface area contributed by atoms with Crippen molar-refractivity contribution >= 4 is 17.7 Å². The van der Waals surface area contributed by atoms with Gasteiger partial charge in [0.15, 0.2) is 5.69 Å². The van der Waals surface area contributed by atoms with E-state index < -0.39 is 5.97 Å². The predicted octanol–water partition coefficient (Wildman–Crippen LogP) is 4.19. The summed E-state index contributed by atoms with van der Waals surface area (Å²) in [4.78, 5) is 17.1. The van der Waals surface area contributed by atoms with Crippen LogP contribution in [0.25, 0.3) is 16.9 Å². The lowest BCUT2D eigenvalue weighted by atomic mass is 10.0. The van der Waals surface area contributed by atoms with Crippen molar-refractivity contribution in [2.75, 3.05) is 0 Å². The summed E-state index contributed by atoms with van der Waals surface area (Å²) in [6.45, 7) is 2.07. The Morgan fingerprint density at radius 3 is 2.79 bits per heavy atom. The van der Waals surface area contributed by atoms with Crippen molar-refractivity contribution in [3.05, 3.63) is 60.0 Å². The molecule has 5 nitrogen and oxygen atoms in total. The topological polar surface area (TPSA) is 68.0 Å². The number of hydrogen-bond donors (Lipinski definition) is 1. The number of rotatable bonds is 3. The molecule has 1 atom stereocenters. The molecule has 0 spiro atoms. The van der Waals surface area contributed by atoms with Crippen LogP contribution in [-0.2, 0) is 0 Å². The van der Waals surface area contributed by atoms with Gasteiger partial charge < -0.3 is 5.11 Å². The zero-order valence-electron chi connectivity index (χ0n) is 13.0. The van der Waals surface area contributed by atoms with E-state index in [1.54, 1.807) is 28.8 Å². The van der Waals surface area contributed by atoms with E-state index >= 15 is 0 Å². The maximum Gasteiger partial charge on any atom is 0.356 e. The number of fused-ring (bicyclic) bond motifs is 3. The molecule has 0 saturated carbocycles. The monoisotopic (exact) mass is 337 g/mol. The quantitative estimate of drug-likeness (QED) is 0.776. The van der Waals surface area contributed by atoms with Gasteiger partial charge >= 0.3 is 5.97 Å². The molecule has 1 aromatic carbocycles. The fourth-order valence-corrected chi connectivity index (χ4v) is 4.30. The first-order valence-corrected chi connectivity index (χ1v) is 8.61. The largest absolute Gasteiger partial charge is 0.476 e. The number of thioether (sulfide) groups is 1. The number of aromatic nitrogens is 3. The van der Waals surface area contributed by atoms with Crippen LogP contribution < -0.4 is 0 Å². The van der Waals surface area contributed by atoms with E-state index in [0.717, 1.165) is 33.8 Å². The van der Waals surface area contributed by atoms with Crippen LogP contribution in [0, 0.1) is 0 Å². The van der Waals surface area contributed by atoms with Gasteiger partial charge in [-0.15, -0.1) is 11.8 Å². The molecular weight excluding hydrogens is 322 g/mol. The number of nitrogens with zero attached hydrogens (tertiary/aromatic N) is 3. The predicted molar refractivity (Wildman–Crippen MR) is 92.6 cm³/mol. The van der Waals surface area contributed by atoms with E-state index in [4.69, 9.17) is 0 Å². The molecule has 24 heavy (non-hydrogen) atoms. The van der Waals surface area contributed by atoms with Crippen LogP contribution in [0.5, 0.6) is 0 Å². The second kappa shape index (κ2) is 5.79. The van der Waals surface area contributed by atoms with Crippen molar-refractivity contribution in [2.24, 2.45) is 0 Å². The maximum absolute atomic E-state index is 11.8. The molecule has 0 amide bonds. The molecule has 0 radical (unpaired) electrons. The van der Waals surface area contributed by atoms with Crippen molar-refractivity contribution in [1.29, 1.82) is 0 Å². The van der Waals surface area contributed by atoms with Gasteiger partial charge in [0.1, 0.15) is 0 Å². The Balaban J connectivity index is 2.07. The number of hydrogen-bond acceptors (Lipinski definition) is 4. The minimum atomic E-state index is -0.993. The zero-order chi connectivity index (χ0) is 16.7. The molecule has 1 aliphatic heterocycles. The Morgan fingerprint density at radius 2 is 2.08 bits per heavy atom. The normalized spacial score (nSPS) is 15.6. The Hall–Kier alpha value is -2.60. The van der Waals surface area contributed by atoms with E-state index in [1.807, 2.05) is 36.4 Å². The average Bonchev–Trinajstić information content (AvgIpc) is 3.03. The number of carboxylic acid groups (broad SMARTS) is 1. The van der Waals surface area contributed by atoms with Crippen LogP contribution in [0.2, 0.25) is 0 Å². The molecule has 120 valence electrons. The van der Waals surface area contributed by atoms with Crippen LogP contribution in [0.15, 0.2) is 53.7 Å². The van der Waals surface area contributed by atoms with E-state index in [2.05, 4.69) is 17.0 Å². The lowest BCUT2D eigenvalue weighted by Crippen LogP contribution is -2.08. The van der Waals surface area contributed by atoms with Gasteiger partial charge in [0.2, 0.25) is 0 Å². The van der Waals surface area contributed by atoms with Crippen LogP contribution in [0.1, 0.15) is 34.6 Å². The molecule has 0 bridgehead atoms. The zero-order valence-corrected chi connectivity index (χ0v) is 13.8. The van der Waals surface area contributed by atoms with E-state index in [9.17, 15) is 9.90 Å². The summed E-state index contributed by atoms with van der Waals surface area (Å²) in [7, 11) is 0. The summed E-state index contributed by atoms with van der Waals surface area (Å²) in [5, 5.41) is 14.2. The van der Waals surface area contributed by atoms with Gasteiger partial charge in [-0.2, -0.15) is 5.10 Å². The molecule has 6 heteroatoms. The molecule has 0 fully saturated rings. The summed E-state index contributed by atoms with van der Waals surface area (Å²) < 4.78 is 1.74. The molecular formula is C18H15N3O2S. The highest BCUT2D eigenvalue weighted by atomic mass is 32.2. The summed E-state index contributed by atoms with van der Waals surface area (Å²) in [6.07, 6.45) is 4.39. The molecule has 0 saturated heterocycles. The second-order valence-corrected chi connectivity index (χ2v) is 6.79. The van der Waals surface area contributed by atoms with Crippen molar-refractivity contribution in [1.82, 2.24) is 14.8 Å². The van der Waals surface area contributed by atoms with Crippen molar-refractivity contribution in [2.45, 2.75) is 23.5 Å². The SMILES string of the molecule is CCC1Sc2ccncc2-c2c1c(C(=O)O)nn2-c1ccccc1. The van der Waals surface area contributed by atoms with Gasteiger partial charge in [0, 0.05) is 33.7 Å². The smallest absolute Gasteiger partial charge is 0.356 e. The first kappa shape index (κ1) is 15.0. The van der Waals surface area contributed by atoms with Crippen molar-refractivity contribution < 1.29 is 9.90 Å². The Kier molecular flexibility index (Phi) is 3.61. The third kappa shape index (κ3) is 2.22. The highest BCUT2D eigenvalue weighted by Crippen LogP contribution is 2.51. The number of pyridine rings is 1. The fourth-order valence-electron chi connectivity index (χ4n) is 3.07. The van der Waals surface area contributed by atoms with Gasteiger partial charge in [0.25, 0.3) is 0 Å². The summed E-state index contributed by atoms with van der Waals surface area (Å²) >= 11 is 1.68. The van der Waals surface area contributed by atoms with Gasteiger partial charge in [-0.05, 0) is 24.6 Å². The van der Waals surface area contributed by atoms with Crippen LogP contribution in [0.3, 0.4) is 0 Å². The number of carboxylic acids is 1. The van der Waals surface area contributed by atoms with E-state index in [-0.39, 0.29) is 10.9 Å². The van der Waals surface area contributed by atoms with Crippen LogP contribution in [0.4, 0.5) is 0 Å². The van der Waals surface area contributed by atoms with Gasteiger partial charge in [-0.3, -0.25) is 4.98 Å². The Labute approximate surface area is 143 Å². The van der Waals surface area contributed by atoms with Crippen LogP contribution >= 0.6 is 11.8 Å². The third-order valence-corrected chi connectivity index (χ3v) is 5.59. The molecule has 1 N–H and O–H groups in total. The lowest BCUT2D eigenvalue weighted by molar-refractivity contribution is 0.0688. The minimum Gasteiger partial charge on any atom is -0.476 e. The first-order chi connectivity index (χ1) is 11.7. The second-order valence-electron chi connectivity index (χ2n) is 5.55. The summed E-state index contributed by atoms with van der Waals surface area (Å²) in [5.41, 5.74) is 3.54. The van der Waals surface area contributed by atoms with E-state index in [1.165, 1.54) is 0 Å². The molecule has 1 unspecified atom stereocenters. The number of benzene rings is 1. The average molecular weight is 337 g/mol. The first-order valence-electron chi connectivity index (χ1n) is 7.73. The number of para-hydroxylation sites is 1. The summed E-state index contributed by atoms with van der Waals surface area (Å²) in [6, 6.07) is 11.6. The molecule has 4 rings (SSSR count). The molecule has 3 aromatic rings. The lowest BCUT2D eigenvalue weighted by Gasteiger charge is -2.24. The molecule has 1 aliphatic rings. The molecule has 2 aromatic heterocycles. The minimum absolute atomic E-state index is 0.0680. The van der Waals surface area contributed by atoms with Crippen molar-refractivity contribution in [3.63, 3.8) is 0 Å². The standard InChI is InChI=1S/C18H15N3O2S/c1-2-13-15-16(18(22)23)20-21(11-6-4-3-5-7-11)17(15)12-10-19-9-8-14(12)24-13/h3-10,13H,2H2,1H3,(H,22,23). The van der Waals surface area contributed by atoms with Gasteiger partial charge in [-0.1, -0.05) is 25.1 Å². The van der Waals surface area contributed by atoms with Crippen molar-refractivity contribution in [3.8, 4) is 16.9 Å². The van der Waals surface area contributed by atoms with Gasteiger partial charge in [0.05, 0.1) is 11.4 Å². The number of aromatic carboxylic acids is 1. The molecule has 3 heterocycles. The van der Waals surface area contributed by atoms with E-state index in [0.29, 0.717) is 0 Å². The van der Waals surface area contributed by atoms with Gasteiger partial charge in [-0.25, -0.2) is 9.48 Å². The number of carbonyl (C=O) groups is 1. The molecule has 0 aliphatic carbocycles. The summed E-state index contributed by atoms with van der Waals surface area (Å²) in [5.74, 6) is -0.993.